The Hall–Kier alpha value is -1.99. The SMILES string of the molecule is CC1(C)[C@@H]2CC[C@@]1(CS(=O)(=O)NCc1ccccc1-n1ccnc1)C(=O)C2. The highest BCUT2D eigenvalue weighted by Crippen LogP contribution is 2.64. The molecule has 0 radical (unpaired) electrons. The third-order valence-electron chi connectivity index (χ3n) is 6.83. The highest BCUT2D eigenvalue weighted by Gasteiger charge is 2.65. The molecule has 144 valence electrons. The molecule has 0 saturated heterocycles. The van der Waals surface area contributed by atoms with E-state index in [-0.39, 0.29) is 23.5 Å². The number of nitrogens with zero attached hydrogens (tertiary/aromatic N) is 2. The smallest absolute Gasteiger partial charge is 0.212 e. The van der Waals surface area contributed by atoms with Crippen LogP contribution < -0.4 is 4.72 Å². The van der Waals surface area contributed by atoms with Crippen LogP contribution in [0.1, 0.15) is 38.7 Å². The van der Waals surface area contributed by atoms with Crippen LogP contribution in [0.2, 0.25) is 0 Å². The fourth-order valence-electron chi connectivity index (χ4n) is 4.99. The fraction of sp³-hybridized carbons (Fsp3) is 0.500. The number of benzene rings is 1. The summed E-state index contributed by atoms with van der Waals surface area (Å²) in [6.07, 6.45) is 7.33. The Kier molecular flexibility index (Phi) is 4.27. The van der Waals surface area contributed by atoms with Crippen LogP contribution in [0.3, 0.4) is 0 Å². The van der Waals surface area contributed by atoms with Crippen LogP contribution in [0.15, 0.2) is 43.0 Å². The summed E-state index contributed by atoms with van der Waals surface area (Å²) >= 11 is 0. The van der Waals surface area contributed by atoms with Gasteiger partial charge in [0.25, 0.3) is 0 Å². The molecule has 1 heterocycles. The van der Waals surface area contributed by atoms with E-state index in [4.69, 9.17) is 0 Å². The minimum atomic E-state index is -3.59. The molecule has 6 nitrogen and oxygen atoms in total. The van der Waals surface area contributed by atoms with Crippen LogP contribution in [-0.4, -0.2) is 29.5 Å². The largest absolute Gasteiger partial charge is 0.306 e. The van der Waals surface area contributed by atoms with Crippen molar-refractivity contribution in [3.05, 3.63) is 48.5 Å². The van der Waals surface area contributed by atoms with Gasteiger partial charge in [0.2, 0.25) is 10.0 Å². The molecule has 2 saturated carbocycles. The van der Waals surface area contributed by atoms with E-state index in [1.54, 1.807) is 12.5 Å². The second-order valence-corrected chi connectivity index (χ2v) is 10.2. The van der Waals surface area contributed by atoms with E-state index >= 15 is 0 Å². The standard InChI is InChI=1S/C20H25N3O3S/c1-19(2)16-7-8-20(19,18(24)11-16)13-27(25,26)22-12-15-5-3-4-6-17(15)23-10-9-21-14-23/h3-6,9-10,14,16,22H,7-8,11-13H2,1-2H3/t16-,20-/m1/s1. The lowest BCUT2D eigenvalue weighted by Crippen LogP contribution is -2.45. The number of Topliss-reactive ketones (excluding diaryl/α,β-unsaturated/α-hetero) is 1. The van der Waals surface area contributed by atoms with E-state index in [2.05, 4.69) is 23.6 Å². The highest BCUT2D eigenvalue weighted by molar-refractivity contribution is 7.89. The molecule has 2 aliphatic rings. The van der Waals surface area contributed by atoms with E-state index in [9.17, 15) is 13.2 Å². The van der Waals surface area contributed by atoms with Gasteiger partial charge in [-0.2, -0.15) is 0 Å². The van der Waals surface area contributed by atoms with Crippen molar-refractivity contribution in [2.45, 2.75) is 39.7 Å². The maximum Gasteiger partial charge on any atom is 0.212 e. The average Bonchev–Trinajstić information content (AvgIpc) is 3.27. The van der Waals surface area contributed by atoms with Crippen molar-refractivity contribution in [1.29, 1.82) is 0 Å². The van der Waals surface area contributed by atoms with Crippen LogP contribution in [0, 0.1) is 16.7 Å². The van der Waals surface area contributed by atoms with Crippen LogP contribution in [0.5, 0.6) is 0 Å². The van der Waals surface area contributed by atoms with Crippen LogP contribution in [-0.2, 0) is 21.4 Å². The van der Waals surface area contributed by atoms with E-state index < -0.39 is 15.4 Å². The zero-order valence-corrected chi connectivity index (χ0v) is 16.5. The molecule has 0 spiro atoms. The number of rotatable bonds is 6. The first kappa shape index (κ1) is 18.4. The summed E-state index contributed by atoms with van der Waals surface area (Å²) < 4.78 is 30.4. The third kappa shape index (κ3) is 2.93. The summed E-state index contributed by atoms with van der Waals surface area (Å²) in [6, 6.07) is 7.61. The highest BCUT2D eigenvalue weighted by atomic mass is 32.2. The number of aromatic nitrogens is 2. The van der Waals surface area contributed by atoms with Gasteiger partial charge in [-0.25, -0.2) is 18.1 Å². The van der Waals surface area contributed by atoms with Gasteiger partial charge in [0.15, 0.2) is 0 Å². The molecule has 0 aliphatic heterocycles. The Morgan fingerprint density at radius 1 is 1.30 bits per heavy atom. The van der Waals surface area contributed by atoms with Gasteiger partial charge in [-0.15, -0.1) is 0 Å². The third-order valence-corrected chi connectivity index (χ3v) is 8.29. The molecule has 4 rings (SSSR count). The minimum absolute atomic E-state index is 0.116. The Morgan fingerprint density at radius 2 is 2.07 bits per heavy atom. The van der Waals surface area contributed by atoms with Crippen molar-refractivity contribution in [3.8, 4) is 5.69 Å². The first-order valence-electron chi connectivity index (χ1n) is 9.32. The van der Waals surface area contributed by atoms with Crippen molar-refractivity contribution in [1.82, 2.24) is 14.3 Å². The molecule has 2 bridgehead atoms. The lowest BCUT2D eigenvalue weighted by molar-refractivity contribution is -0.128. The lowest BCUT2D eigenvalue weighted by Gasteiger charge is -2.36. The predicted octanol–water partition coefficient (Wildman–Crippen LogP) is 2.69. The monoisotopic (exact) mass is 387 g/mol. The van der Waals surface area contributed by atoms with Gasteiger partial charge in [0.1, 0.15) is 5.78 Å². The predicted molar refractivity (Wildman–Crippen MR) is 103 cm³/mol. The van der Waals surface area contributed by atoms with Gasteiger partial charge in [0.05, 0.1) is 17.8 Å². The number of sulfonamides is 1. The number of para-hydroxylation sites is 1. The molecule has 2 atom stereocenters. The Bertz CT molecular complexity index is 966. The van der Waals surface area contributed by atoms with Crippen molar-refractivity contribution in [2.24, 2.45) is 16.7 Å². The van der Waals surface area contributed by atoms with Gasteiger partial charge in [0, 0.05) is 30.8 Å². The molecule has 1 aromatic heterocycles. The second-order valence-electron chi connectivity index (χ2n) is 8.35. The molecule has 2 aliphatic carbocycles. The Morgan fingerprint density at radius 3 is 2.70 bits per heavy atom. The molecule has 27 heavy (non-hydrogen) atoms. The number of hydrogen-bond acceptors (Lipinski definition) is 4. The van der Waals surface area contributed by atoms with Gasteiger partial charge in [-0.05, 0) is 35.8 Å². The van der Waals surface area contributed by atoms with Gasteiger partial charge >= 0.3 is 0 Å². The van der Waals surface area contributed by atoms with E-state index in [1.165, 1.54) is 0 Å². The molecular formula is C20H25N3O3S. The Balaban J connectivity index is 1.54. The molecule has 1 aromatic carbocycles. The molecule has 7 heteroatoms. The molecule has 2 fully saturated rings. The molecule has 0 amide bonds. The molecule has 2 aromatic rings. The lowest BCUT2D eigenvalue weighted by atomic mass is 9.70. The van der Waals surface area contributed by atoms with Crippen molar-refractivity contribution in [2.75, 3.05) is 5.75 Å². The first-order chi connectivity index (χ1) is 12.8. The summed E-state index contributed by atoms with van der Waals surface area (Å²) in [5.41, 5.74) is 0.743. The van der Waals surface area contributed by atoms with E-state index in [0.29, 0.717) is 18.8 Å². The van der Waals surface area contributed by atoms with Crippen molar-refractivity contribution >= 4 is 15.8 Å². The van der Waals surface area contributed by atoms with Gasteiger partial charge in [-0.1, -0.05) is 32.0 Å². The van der Waals surface area contributed by atoms with Crippen molar-refractivity contribution in [3.63, 3.8) is 0 Å². The van der Waals surface area contributed by atoms with Gasteiger partial charge in [-0.3, -0.25) is 4.79 Å². The molecule has 0 unspecified atom stereocenters. The number of nitrogens with one attached hydrogen (secondary N) is 1. The molecule has 1 N–H and O–H groups in total. The van der Waals surface area contributed by atoms with Crippen LogP contribution in [0.25, 0.3) is 5.69 Å². The normalized spacial score (nSPS) is 26.6. The number of hydrogen-bond donors (Lipinski definition) is 1. The summed E-state index contributed by atoms with van der Waals surface area (Å²) in [7, 11) is -3.59. The Labute approximate surface area is 160 Å². The fourth-order valence-corrected chi connectivity index (χ4v) is 6.79. The second kappa shape index (κ2) is 6.27. The zero-order chi connectivity index (χ0) is 19.3. The number of carbonyl (C=O) groups is 1. The van der Waals surface area contributed by atoms with E-state index in [1.807, 2.05) is 35.0 Å². The maximum absolute atomic E-state index is 12.9. The number of carbonyl (C=O) groups excluding carboxylic acids is 1. The summed E-state index contributed by atoms with van der Waals surface area (Å²) in [6.45, 7) is 4.30. The van der Waals surface area contributed by atoms with Crippen LogP contribution >= 0.6 is 0 Å². The zero-order valence-electron chi connectivity index (χ0n) is 15.7. The number of imidazole rings is 1. The summed E-state index contributed by atoms with van der Waals surface area (Å²) in [5, 5.41) is 0. The number of fused-ring (bicyclic) bond motifs is 2. The van der Waals surface area contributed by atoms with E-state index in [0.717, 1.165) is 17.7 Å². The van der Waals surface area contributed by atoms with Crippen LogP contribution in [0.4, 0.5) is 0 Å². The topological polar surface area (TPSA) is 81.1 Å². The average molecular weight is 388 g/mol. The molecular weight excluding hydrogens is 362 g/mol. The summed E-state index contributed by atoms with van der Waals surface area (Å²) in [5.74, 6) is 0.311. The quantitative estimate of drug-likeness (QED) is 0.826. The first-order valence-corrected chi connectivity index (χ1v) is 11.0. The summed E-state index contributed by atoms with van der Waals surface area (Å²) in [4.78, 5) is 16.7. The van der Waals surface area contributed by atoms with Crippen molar-refractivity contribution < 1.29 is 13.2 Å². The number of ketones is 1. The minimum Gasteiger partial charge on any atom is -0.306 e. The maximum atomic E-state index is 12.9. The van der Waals surface area contributed by atoms with Gasteiger partial charge < -0.3 is 4.57 Å².